The molecule has 0 spiro atoms. The number of hydrogen-bond acceptors (Lipinski definition) is 4. The van der Waals surface area contributed by atoms with Crippen LogP contribution in [0.25, 0.3) is 0 Å². The number of benzene rings is 2. The minimum atomic E-state index is -0.0623. The van der Waals surface area contributed by atoms with Crippen LogP contribution in [0.2, 0.25) is 0 Å². The summed E-state index contributed by atoms with van der Waals surface area (Å²) in [7, 11) is 0. The largest absolute Gasteiger partial charge is 0.428 e. The second-order valence-electron chi connectivity index (χ2n) is 7.03. The molecule has 1 aliphatic carbocycles. The van der Waals surface area contributed by atoms with Gasteiger partial charge in [-0.05, 0) is 61.1 Å². The Morgan fingerprint density at radius 2 is 1.23 bits per heavy atom. The third-order valence-corrected chi connectivity index (χ3v) is 5.51. The molecule has 0 unspecified atom stereocenters. The van der Waals surface area contributed by atoms with Crippen molar-refractivity contribution in [1.82, 2.24) is 0 Å². The van der Waals surface area contributed by atoms with Crippen molar-refractivity contribution in [2.75, 3.05) is 0 Å². The Bertz CT molecular complexity index is 742. The zero-order chi connectivity index (χ0) is 18.6. The number of ether oxygens (including phenoxy) is 2. The van der Waals surface area contributed by atoms with Gasteiger partial charge >= 0.3 is 0 Å². The highest BCUT2D eigenvalue weighted by molar-refractivity contribution is 5.53. The van der Waals surface area contributed by atoms with Crippen molar-refractivity contribution in [1.29, 1.82) is 0 Å². The maximum absolute atomic E-state index is 10.7. The summed E-state index contributed by atoms with van der Waals surface area (Å²) in [6.07, 6.45) is 5.76. The molecule has 0 saturated heterocycles. The number of aryl methyl sites for hydroxylation is 2. The predicted molar refractivity (Wildman–Crippen MR) is 99.6 cm³/mol. The minimum absolute atomic E-state index is 0.0623. The predicted octanol–water partition coefficient (Wildman–Crippen LogP) is 4.62. The number of carbonyl (C=O) groups excluding carboxylic acids is 2. The third-order valence-electron chi connectivity index (χ3n) is 5.51. The first-order valence-electron chi connectivity index (χ1n) is 9.03. The Kier molecular flexibility index (Phi) is 5.40. The van der Waals surface area contributed by atoms with Crippen molar-refractivity contribution in [2.45, 2.75) is 51.4 Å². The van der Waals surface area contributed by atoms with E-state index in [1.165, 1.54) is 30.4 Å². The van der Waals surface area contributed by atoms with Gasteiger partial charge in [-0.1, -0.05) is 43.5 Å². The van der Waals surface area contributed by atoms with E-state index in [0.29, 0.717) is 24.4 Å². The fourth-order valence-electron chi connectivity index (χ4n) is 4.16. The van der Waals surface area contributed by atoms with Crippen LogP contribution in [-0.2, 0) is 15.0 Å². The van der Waals surface area contributed by atoms with Crippen molar-refractivity contribution in [3.8, 4) is 11.5 Å². The molecule has 0 radical (unpaired) electrons. The minimum Gasteiger partial charge on any atom is -0.428 e. The fourth-order valence-corrected chi connectivity index (χ4v) is 4.16. The average molecular weight is 352 g/mol. The lowest BCUT2D eigenvalue weighted by Gasteiger charge is -2.39. The fraction of sp³-hybridized carbons (Fsp3) is 0.364. The van der Waals surface area contributed by atoms with E-state index < -0.39 is 0 Å². The second-order valence-corrected chi connectivity index (χ2v) is 7.03. The summed E-state index contributed by atoms with van der Waals surface area (Å²) >= 11 is 0. The first-order valence-corrected chi connectivity index (χ1v) is 9.03. The maximum atomic E-state index is 10.7. The summed E-state index contributed by atoms with van der Waals surface area (Å²) in [5, 5.41) is 0. The van der Waals surface area contributed by atoms with Gasteiger partial charge in [-0.2, -0.15) is 0 Å². The molecule has 0 aromatic heterocycles. The first kappa shape index (κ1) is 18.2. The summed E-state index contributed by atoms with van der Waals surface area (Å²) in [6.45, 7) is 4.86. The van der Waals surface area contributed by atoms with Gasteiger partial charge in [0.2, 0.25) is 0 Å². The Morgan fingerprint density at radius 3 is 1.62 bits per heavy atom. The van der Waals surface area contributed by atoms with Crippen molar-refractivity contribution < 1.29 is 19.1 Å². The molecule has 0 N–H and O–H groups in total. The van der Waals surface area contributed by atoms with E-state index in [1.54, 1.807) is 0 Å². The van der Waals surface area contributed by atoms with E-state index in [4.69, 9.17) is 9.47 Å². The summed E-state index contributed by atoms with van der Waals surface area (Å²) in [5.41, 5.74) is 4.34. The Balaban J connectivity index is 2.07. The van der Waals surface area contributed by atoms with E-state index in [0.717, 1.165) is 24.0 Å². The van der Waals surface area contributed by atoms with Gasteiger partial charge in [0, 0.05) is 5.41 Å². The maximum Gasteiger partial charge on any atom is 0.298 e. The highest BCUT2D eigenvalue weighted by atomic mass is 16.5. The van der Waals surface area contributed by atoms with E-state index >= 15 is 0 Å². The standard InChI is InChI=1S/C22H24O4/c1-16-12-18(6-8-20(16)25-14-23)22(10-4-3-5-11-22)19-7-9-21(26-15-24)17(2)13-19/h6-9,12-15H,3-5,10-11H2,1-2H3. The molecular formula is C22H24O4. The van der Waals surface area contributed by atoms with Crippen LogP contribution < -0.4 is 9.47 Å². The molecule has 136 valence electrons. The number of carbonyl (C=O) groups is 2. The molecule has 3 rings (SSSR count). The molecule has 4 heteroatoms. The van der Waals surface area contributed by atoms with E-state index in [9.17, 15) is 9.59 Å². The SMILES string of the molecule is Cc1cc(C2(c3ccc(OC=O)c(C)c3)CCCCC2)ccc1OC=O. The highest BCUT2D eigenvalue weighted by Crippen LogP contribution is 2.46. The van der Waals surface area contributed by atoms with Gasteiger partial charge in [0.15, 0.2) is 0 Å². The van der Waals surface area contributed by atoms with Gasteiger partial charge in [-0.3, -0.25) is 9.59 Å². The van der Waals surface area contributed by atoms with Crippen LogP contribution in [0.1, 0.15) is 54.4 Å². The lowest BCUT2D eigenvalue weighted by molar-refractivity contribution is -0.121. The molecule has 26 heavy (non-hydrogen) atoms. The molecule has 1 aliphatic rings. The lowest BCUT2D eigenvalue weighted by Crippen LogP contribution is -2.30. The Labute approximate surface area is 154 Å². The Morgan fingerprint density at radius 1 is 0.769 bits per heavy atom. The zero-order valence-electron chi connectivity index (χ0n) is 15.3. The Hall–Kier alpha value is -2.62. The van der Waals surface area contributed by atoms with Crippen LogP contribution >= 0.6 is 0 Å². The molecule has 0 amide bonds. The van der Waals surface area contributed by atoms with E-state index in [2.05, 4.69) is 24.3 Å². The lowest BCUT2D eigenvalue weighted by atomic mass is 9.65. The van der Waals surface area contributed by atoms with Crippen molar-refractivity contribution >= 4 is 12.9 Å². The van der Waals surface area contributed by atoms with Crippen LogP contribution in [-0.4, -0.2) is 12.9 Å². The number of rotatable bonds is 6. The van der Waals surface area contributed by atoms with Crippen molar-refractivity contribution in [2.24, 2.45) is 0 Å². The summed E-state index contributed by atoms with van der Waals surface area (Å²) in [5.74, 6) is 1.20. The molecule has 2 aromatic rings. The monoisotopic (exact) mass is 352 g/mol. The van der Waals surface area contributed by atoms with Crippen LogP contribution in [0.4, 0.5) is 0 Å². The molecule has 0 heterocycles. The molecule has 0 aliphatic heterocycles. The average Bonchev–Trinajstić information content (AvgIpc) is 2.66. The van der Waals surface area contributed by atoms with Gasteiger partial charge in [0.1, 0.15) is 11.5 Å². The normalized spacial score (nSPS) is 15.9. The van der Waals surface area contributed by atoms with E-state index in [-0.39, 0.29) is 5.41 Å². The summed E-state index contributed by atoms with van der Waals surface area (Å²) in [4.78, 5) is 21.3. The third kappa shape index (κ3) is 3.36. The number of hydrogen-bond donors (Lipinski definition) is 0. The van der Waals surface area contributed by atoms with Gasteiger partial charge in [0.25, 0.3) is 12.9 Å². The quantitative estimate of drug-likeness (QED) is 0.712. The summed E-state index contributed by atoms with van der Waals surface area (Å²) in [6, 6.07) is 12.2. The van der Waals surface area contributed by atoms with Gasteiger partial charge in [-0.15, -0.1) is 0 Å². The van der Waals surface area contributed by atoms with Gasteiger partial charge in [-0.25, -0.2) is 0 Å². The molecule has 1 saturated carbocycles. The van der Waals surface area contributed by atoms with Gasteiger partial charge in [0.05, 0.1) is 0 Å². The molecule has 4 nitrogen and oxygen atoms in total. The van der Waals surface area contributed by atoms with Crippen LogP contribution in [0.15, 0.2) is 36.4 Å². The van der Waals surface area contributed by atoms with Crippen LogP contribution in [0, 0.1) is 13.8 Å². The topological polar surface area (TPSA) is 52.6 Å². The molecule has 1 fully saturated rings. The highest BCUT2D eigenvalue weighted by Gasteiger charge is 2.36. The first-order chi connectivity index (χ1) is 12.6. The molecular weight excluding hydrogens is 328 g/mol. The second kappa shape index (κ2) is 7.73. The smallest absolute Gasteiger partial charge is 0.298 e. The zero-order valence-corrected chi connectivity index (χ0v) is 15.3. The van der Waals surface area contributed by atoms with Crippen molar-refractivity contribution in [3.05, 3.63) is 58.7 Å². The molecule has 0 bridgehead atoms. The van der Waals surface area contributed by atoms with Gasteiger partial charge < -0.3 is 9.47 Å². The molecule has 0 atom stereocenters. The van der Waals surface area contributed by atoms with E-state index in [1.807, 2.05) is 26.0 Å². The van der Waals surface area contributed by atoms with Crippen molar-refractivity contribution in [3.63, 3.8) is 0 Å². The van der Waals surface area contributed by atoms with Crippen LogP contribution in [0.5, 0.6) is 11.5 Å². The molecule has 2 aromatic carbocycles. The summed E-state index contributed by atoms with van der Waals surface area (Å²) < 4.78 is 10.1. The van der Waals surface area contributed by atoms with Crippen LogP contribution in [0.3, 0.4) is 0 Å².